The van der Waals surface area contributed by atoms with Gasteiger partial charge in [0.25, 0.3) is 0 Å². The van der Waals surface area contributed by atoms with Gasteiger partial charge in [-0.05, 0) is 134 Å². The van der Waals surface area contributed by atoms with Gasteiger partial charge in [0.2, 0.25) is 0 Å². The molecule has 57 heavy (non-hydrogen) atoms. The van der Waals surface area contributed by atoms with Gasteiger partial charge < -0.3 is 39.8 Å². The first-order valence-corrected chi connectivity index (χ1v) is 41.2. The van der Waals surface area contributed by atoms with Gasteiger partial charge in [0, 0.05) is 64.7 Å². The topological polar surface area (TPSA) is 83.1 Å². The quantitative estimate of drug-likeness (QED) is 0.0258. The molecule has 0 bridgehead atoms. The summed E-state index contributed by atoms with van der Waals surface area (Å²) in [6.45, 7) is 23.5. The van der Waals surface area contributed by atoms with E-state index in [1.165, 1.54) is 57.8 Å². The van der Waals surface area contributed by atoms with Crippen LogP contribution in [0.25, 0.3) is 0 Å². The van der Waals surface area contributed by atoms with Gasteiger partial charge in [-0.1, -0.05) is 116 Å². The highest BCUT2D eigenvalue weighted by Gasteiger charge is 2.45. The normalized spacial score (nSPS) is 17.7. The molecule has 0 spiro atoms. The van der Waals surface area contributed by atoms with Crippen LogP contribution in [0.15, 0.2) is 0 Å². The smallest absolute Gasteiger partial charge is 0.373 e. The average molecular weight is 1080 g/mol. The van der Waals surface area contributed by atoms with Gasteiger partial charge in [-0.25, -0.2) is 0 Å². The molecule has 0 saturated heterocycles. The van der Waals surface area contributed by atoms with Crippen LogP contribution in [0.4, 0.5) is 0 Å². The fraction of sp³-hybridized carbons (Fsp3) is 1.00. The van der Waals surface area contributed by atoms with Crippen molar-refractivity contribution in [3.63, 3.8) is 0 Å². The summed E-state index contributed by atoms with van der Waals surface area (Å²) >= 11 is 0. The molecular weight excluding hydrogens is 1010 g/mol. The molecule has 1 unspecified atom stereocenters. The monoisotopic (exact) mass is 1080 g/mol. The number of hydrogen-bond donors (Lipinski definition) is 0. The second-order valence-electron chi connectivity index (χ2n) is 12.1. The van der Waals surface area contributed by atoms with Gasteiger partial charge in [-0.2, -0.15) is 0 Å². The molecule has 1 atom stereocenters. The van der Waals surface area contributed by atoms with Crippen molar-refractivity contribution in [3.8, 4) is 0 Å². The lowest BCUT2D eigenvalue weighted by molar-refractivity contribution is 0.0765. The molecule has 0 aromatic carbocycles. The molecule has 1 aliphatic carbocycles. The minimum Gasteiger partial charge on any atom is -0.373 e. The second kappa shape index (κ2) is 38.6. The lowest BCUT2D eigenvalue weighted by Gasteiger charge is -2.38. The predicted octanol–water partition coefficient (Wildman–Crippen LogP) is 14.8. The maximum Gasteiger partial charge on any atom is 0.512 e. The molecule has 342 valence electrons. The predicted molar refractivity (Wildman–Crippen MR) is 280 cm³/mol. The summed E-state index contributed by atoms with van der Waals surface area (Å²) in [4.78, 5) is 0. The first kappa shape index (κ1) is 59.5. The van der Waals surface area contributed by atoms with E-state index in [0.717, 1.165) is 22.5 Å². The maximum atomic E-state index is 6.17. The Kier molecular flexibility index (Phi) is 40.3. The Labute approximate surface area is 397 Å². The molecule has 0 radical (unpaired) electrons. The third kappa shape index (κ3) is 25.8. The number of hydrogen-bond acceptors (Lipinski definition) is 21. The summed E-state index contributed by atoms with van der Waals surface area (Å²) in [7, 11) is 14.7. The Morgan fingerprint density at radius 2 is 0.684 bits per heavy atom. The van der Waals surface area contributed by atoms with E-state index in [4.69, 9.17) is 39.8 Å². The van der Waals surface area contributed by atoms with Gasteiger partial charge in [0.1, 0.15) is 0 Å². The van der Waals surface area contributed by atoms with E-state index in [2.05, 4.69) is 32.4 Å². The highest BCUT2D eigenvalue weighted by molar-refractivity contribution is 9.29. The standard InChI is InChI=1S/C33H72O9S12Si3/c1-10-34-55(35-11-2,36-12-3)29-43-49-52-46-32-27-25-23-21-19-20-22-24-26-28-33(32,47-53-50-44-30-56(37-13-4,38-14-5)39-15-6)48-54-51-45-31-57(40-16-7,41-17-8)42-18-9/h32H,10-31H2,1-9H3. The van der Waals surface area contributed by atoms with Crippen LogP contribution in [0.5, 0.6) is 0 Å². The lowest BCUT2D eigenvalue weighted by Crippen LogP contribution is -2.49. The van der Waals surface area contributed by atoms with Gasteiger partial charge in [0.05, 0.1) is 20.2 Å². The van der Waals surface area contributed by atoms with Gasteiger partial charge in [-0.3, -0.25) is 0 Å². The fourth-order valence-corrected chi connectivity index (χ4v) is 44.6. The molecule has 0 aromatic rings. The second-order valence-corrected chi connectivity index (χ2v) is 40.1. The van der Waals surface area contributed by atoms with E-state index in [-0.39, 0.29) is 4.08 Å². The molecule has 1 aliphatic rings. The van der Waals surface area contributed by atoms with Crippen LogP contribution in [0, 0.1) is 0 Å². The minimum atomic E-state index is -2.73. The summed E-state index contributed by atoms with van der Waals surface area (Å²) in [6, 6.07) is 0. The maximum absolute atomic E-state index is 6.17. The van der Waals surface area contributed by atoms with E-state index in [1.54, 1.807) is 0 Å². The average Bonchev–Trinajstić information content (AvgIpc) is 3.17. The molecule has 1 fully saturated rings. The Bertz CT molecular complexity index is 853. The van der Waals surface area contributed by atoms with Gasteiger partial charge >= 0.3 is 26.4 Å². The first-order valence-electron chi connectivity index (χ1n) is 20.4. The summed E-state index contributed by atoms with van der Waals surface area (Å²) in [5.41, 5.74) is 0. The van der Waals surface area contributed by atoms with Crippen molar-refractivity contribution in [2.75, 3.05) is 75.6 Å². The van der Waals surface area contributed by atoms with Crippen molar-refractivity contribution in [2.45, 2.75) is 136 Å². The van der Waals surface area contributed by atoms with Crippen molar-refractivity contribution in [2.24, 2.45) is 0 Å². The Morgan fingerprint density at radius 3 is 1.02 bits per heavy atom. The molecule has 0 amide bonds. The summed E-state index contributed by atoms with van der Waals surface area (Å²) in [5.74, 6) is 0. The summed E-state index contributed by atoms with van der Waals surface area (Å²) in [6.07, 6.45) is 12.8. The van der Waals surface area contributed by atoms with E-state index in [0.29, 0.717) is 64.7 Å². The zero-order chi connectivity index (χ0) is 42.0. The Morgan fingerprint density at radius 1 is 0.386 bits per heavy atom. The SMILES string of the molecule is CCO[Si](CSSSSC1CCCCCCCCCCC1(SSSSC[Si](OCC)(OCC)OCC)SSSSC[Si](OCC)(OCC)OCC)(OCC)OCC. The van der Waals surface area contributed by atoms with Crippen LogP contribution in [-0.4, -0.2) is 111 Å². The molecular formula is C33H72O9S12Si3. The summed E-state index contributed by atoms with van der Waals surface area (Å²) < 4.78 is 55.5. The Balaban J connectivity index is 3.29. The molecule has 0 heterocycles. The van der Waals surface area contributed by atoms with Crippen molar-refractivity contribution in [1.82, 2.24) is 0 Å². The largest absolute Gasteiger partial charge is 0.512 e. The van der Waals surface area contributed by atoms with Crippen LogP contribution in [0.3, 0.4) is 0 Å². The first-order chi connectivity index (χ1) is 27.8. The molecule has 1 rings (SSSR count). The fourth-order valence-electron chi connectivity index (χ4n) is 5.75. The summed E-state index contributed by atoms with van der Waals surface area (Å²) in [5, 5.41) is 2.64. The Hall–Kier alpha value is 4.49. The molecule has 24 heteroatoms. The van der Waals surface area contributed by atoms with Gasteiger partial charge in [0.15, 0.2) is 0 Å². The van der Waals surface area contributed by atoms with Crippen LogP contribution in [-0.2, 0) is 39.8 Å². The van der Waals surface area contributed by atoms with Crippen molar-refractivity contribution >= 4 is 150 Å². The van der Waals surface area contributed by atoms with Gasteiger partial charge in [-0.15, -0.1) is 0 Å². The van der Waals surface area contributed by atoms with E-state index < -0.39 is 26.4 Å². The highest BCUT2D eigenvalue weighted by Crippen LogP contribution is 2.66. The van der Waals surface area contributed by atoms with Crippen molar-refractivity contribution in [3.05, 3.63) is 0 Å². The lowest BCUT2D eigenvalue weighted by atomic mass is 10.00. The van der Waals surface area contributed by atoms with Crippen molar-refractivity contribution in [1.29, 1.82) is 0 Å². The van der Waals surface area contributed by atoms with E-state index in [1.807, 2.05) is 154 Å². The molecule has 0 N–H and O–H groups in total. The van der Waals surface area contributed by atoms with Crippen LogP contribution >= 0.6 is 124 Å². The van der Waals surface area contributed by atoms with Crippen LogP contribution in [0.2, 0.25) is 0 Å². The third-order valence-electron chi connectivity index (χ3n) is 7.95. The highest BCUT2D eigenvalue weighted by atomic mass is 33.7. The van der Waals surface area contributed by atoms with Crippen LogP contribution < -0.4 is 0 Å². The zero-order valence-corrected chi connectivity index (χ0v) is 48.5. The van der Waals surface area contributed by atoms with Crippen molar-refractivity contribution < 1.29 is 39.8 Å². The zero-order valence-electron chi connectivity index (χ0n) is 35.7. The minimum absolute atomic E-state index is 0.0123. The van der Waals surface area contributed by atoms with Crippen LogP contribution in [0.1, 0.15) is 127 Å². The molecule has 9 nitrogen and oxygen atoms in total. The van der Waals surface area contributed by atoms with E-state index >= 15 is 0 Å². The third-order valence-corrected chi connectivity index (χ3v) is 42.9. The molecule has 0 aliphatic heterocycles. The molecule has 1 saturated carbocycles. The van der Waals surface area contributed by atoms with E-state index in [9.17, 15) is 0 Å². The number of rotatable bonds is 36. The molecule has 0 aromatic heterocycles.